The van der Waals surface area contributed by atoms with Gasteiger partial charge in [0.15, 0.2) is 0 Å². The topological polar surface area (TPSA) is 43.8 Å². The quantitative estimate of drug-likeness (QED) is 0.897. The molecule has 2 N–H and O–H groups in total. The molecule has 2 rings (SSSR count). The molecular weight excluding hydrogens is 245 g/mol. The van der Waals surface area contributed by atoms with Crippen molar-refractivity contribution in [2.45, 2.75) is 13.5 Å². The van der Waals surface area contributed by atoms with Gasteiger partial charge >= 0.3 is 0 Å². The standard InChI is InChI=1S/C11H11Cl2N3/c1-7-2-11(14)16(15-7)6-8-3-9(12)5-10(13)4-8/h2-5H,6,14H2,1H3. The number of hydrogen-bond acceptors (Lipinski definition) is 2. The fourth-order valence-corrected chi connectivity index (χ4v) is 2.14. The molecule has 0 saturated carbocycles. The molecule has 3 nitrogen and oxygen atoms in total. The Bertz CT molecular complexity index is 500. The number of nitrogens with zero attached hydrogens (tertiary/aromatic N) is 2. The van der Waals surface area contributed by atoms with Crippen molar-refractivity contribution in [2.75, 3.05) is 5.73 Å². The van der Waals surface area contributed by atoms with E-state index in [4.69, 9.17) is 28.9 Å². The fraction of sp³-hybridized carbons (Fsp3) is 0.182. The van der Waals surface area contributed by atoms with E-state index in [0.29, 0.717) is 22.4 Å². The van der Waals surface area contributed by atoms with Crippen molar-refractivity contribution in [3.05, 3.63) is 45.6 Å². The van der Waals surface area contributed by atoms with Crippen LogP contribution in [0.5, 0.6) is 0 Å². The predicted molar refractivity (Wildman–Crippen MR) is 66.9 cm³/mol. The summed E-state index contributed by atoms with van der Waals surface area (Å²) < 4.78 is 1.72. The number of aryl methyl sites for hydroxylation is 1. The van der Waals surface area contributed by atoms with Gasteiger partial charge < -0.3 is 5.73 Å². The molecule has 0 amide bonds. The Balaban J connectivity index is 2.30. The van der Waals surface area contributed by atoms with Gasteiger partial charge in [0.25, 0.3) is 0 Å². The van der Waals surface area contributed by atoms with Crippen LogP contribution >= 0.6 is 23.2 Å². The molecule has 1 aromatic carbocycles. The van der Waals surface area contributed by atoms with Crippen LogP contribution in [0.3, 0.4) is 0 Å². The van der Waals surface area contributed by atoms with Gasteiger partial charge in [-0.05, 0) is 30.7 Å². The molecule has 84 valence electrons. The summed E-state index contributed by atoms with van der Waals surface area (Å²) in [5.74, 6) is 0.633. The molecule has 0 aliphatic heterocycles. The Labute approximate surface area is 104 Å². The Hall–Kier alpha value is -1.19. The number of anilines is 1. The second-order valence-corrected chi connectivity index (χ2v) is 4.52. The summed E-state index contributed by atoms with van der Waals surface area (Å²) in [5, 5.41) is 5.50. The molecule has 1 heterocycles. The molecule has 0 bridgehead atoms. The van der Waals surface area contributed by atoms with Crippen LogP contribution in [0.1, 0.15) is 11.3 Å². The molecular formula is C11H11Cl2N3. The summed E-state index contributed by atoms with van der Waals surface area (Å²) >= 11 is 11.8. The van der Waals surface area contributed by atoms with Crippen molar-refractivity contribution in [2.24, 2.45) is 0 Å². The average molecular weight is 256 g/mol. The first-order valence-electron chi connectivity index (χ1n) is 4.79. The van der Waals surface area contributed by atoms with E-state index in [1.54, 1.807) is 10.7 Å². The zero-order valence-corrected chi connectivity index (χ0v) is 10.3. The maximum absolute atomic E-state index is 5.92. The largest absolute Gasteiger partial charge is 0.384 e. The zero-order valence-electron chi connectivity index (χ0n) is 8.74. The summed E-state index contributed by atoms with van der Waals surface area (Å²) in [6.45, 7) is 2.47. The van der Waals surface area contributed by atoms with Gasteiger partial charge in [0, 0.05) is 16.1 Å². The summed E-state index contributed by atoms with van der Waals surface area (Å²) in [6, 6.07) is 7.23. The Kier molecular flexibility index (Phi) is 3.08. The lowest BCUT2D eigenvalue weighted by Crippen LogP contribution is -2.05. The molecule has 1 aromatic heterocycles. The number of aromatic nitrogens is 2. The normalized spacial score (nSPS) is 10.7. The lowest BCUT2D eigenvalue weighted by Gasteiger charge is -2.05. The van der Waals surface area contributed by atoms with E-state index in [1.807, 2.05) is 25.1 Å². The molecule has 0 saturated heterocycles. The third-order valence-electron chi connectivity index (χ3n) is 2.19. The number of rotatable bonds is 2. The van der Waals surface area contributed by atoms with Gasteiger partial charge in [0.2, 0.25) is 0 Å². The summed E-state index contributed by atoms with van der Waals surface area (Å²) in [7, 11) is 0. The van der Waals surface area contributed by atoms with E-state index in [2.05, 4.69) is 5.10 Å². The smallest absolute Gasteiger partial charge is 0.122 e. The van der Waals surface area contributed by atoms with E-state index in [0.717, 1.165) is 11.3 Å². The summed E-state index contributed by atoms with van der Waals surface area (Å²) in [4.78, 5) is 0. The maximum atomic E-state index is 5.92. The minimum Gasteiger partial charge on any atom is -0.384 e. The van der Waals surface area contributed by atoms with E-state index in [-0.39, 0.29) is 0 Å². The van der Waals surface area contributed by atoms with Crippen LogP contribution in [0.15, 0.2) is 24.3 Å². The van der Waals surface area contributed by atoms with Gasteiger partial charge in [-0.2, -0.15) is 5.10 Å². The van der Waals surface area contributed by atoms with Crippen molar-refractivity contribution < 1.29 is 0 Å². The molecule has 0 unspecified atom stereocenters. The molecule has 0 atom stereocenters. The van der Waals surface area contributed by atoms with Gasteiger partial charge in [0.05, 0.1) is 12.2 Å². The third kappa shape index (κ3) is 2.49. The van der Waals surface area contributed by atoms with E-state index in [9.17, 15) is 0 Å². The van der Waals surface area contributed by atoms with Gasteiger partial charge in [0.1, 0.15) is 5.82 Å². The van der Waals surface area contributed by atoms with Crippen molar-refractivity contribution in [3.63, 3.8) is 0 Å². The van der Waals surface area contributed by atoms with Gasteiger partial charge in [-0.1, -0.05) is 23.2 Å². The van der Waals surface area contributed by atoms with E-state index >= 15 is 0 Å². The minimum atomic E-state index is 0.569. The van der Waals surface area contributed by atoms with Crippen LogP contribution < -0.4 is 5.73 Å². The SMILES string of the molecule is Cc1cc(N)n(Cc2cc(Cl)cc(Cl)c2)n1. The van der Waals surface area contributed by atoms with Crippen molar-refractivity contribution in [1.29, 1.82) is 0 Å². The molecule has 0 spiro atoms. The lowest BCUT2D eigenvalue weighted by atomic mass is 10.2. The average Bonchev–Trinajstić information content (AvgIpc) is 2.43. The number of benzene rings is 1. The second kappa shape index (κ2) is 4.36. The van der Waals surface area contributed by atoms with Crippen LogP contribution in [-0.2, 0) is 6.54 Å². The molecule has 0 radical (unpaired) electrons. The monoisotopic (exact) mass is 255 g/mol. The molecule has 0 aliphatic carbocycles. The highest BCUT2D eigenvalue weighted by atomic mass is 35.5. The van der Waals surface area contributed by atoms with Gasteiger partial charge in [-0.3, -0.25) is 0 Å². The van der Waals surface area contributed by atoms with Gasteiger partial charge in [-0.25, -0.2) is 4.68 Å². The fourth-order valence-electron chi connectivity index (χ4n) is 1.57. The van der Waals surface area contributed by atoms with Crippen LogP contribution in [0.4, 0.5) is 5.82 Å². The first-order chi connectivity index (χ1) is 7.54. The number of nitrogens with two attached hydrogens (primary N) is 1. The molecule has 2 aromatic rings. The molecule has 0 fully saturated rings. The van der Waals surface area contributed by atoms with Crippen LogP contribution in [0.25, 0.3) is 0 Å². The molecule has 5 heteroatoms. The number of halogens is 2. The van der Waals surface area contributed by atoms with Crippen LogP contribution in [-0.4, -0.2) is 9.78 Å². The van der Waals surface area contributed by atoms with E-state index < -0.39 is 0 Å². The molecule has 16 heavy (non-hydrogen) atoms. The highest BCUT2D eigenvalue weighted by Crippen LogP contribution is 2.20. The molecule has 0 aliphatic rings. The van der Waals surface area contributed by atoms with Crippen LogP contribution in [0.2, 0.25) is 10.0 Å². The Morgan fingerprint density at radius 3 is 2.31 bits per heavy atom. The third-order valence-corrected chi connectivity index (χ3v) is 2.62. The first kappa shape index (κ1) is 11.3. The zero-order chi connectivity index (χ0) is 11.7. The van der Waals surface area contributed by atoms with Crippen molar-refractivity contribution >= 4 is 29.0 Å². The van der Waals surface area contributed by atoms with Crippen LogP contribution in [0, 0.1) is 6.92 Å². The number of hydrogen-bond donors (Lipinski definition) is 1. The Morgan fingerprint density at radius 1 is 1.19 bits per heavy atom. The van der Waals surface area contributed by atoms with Gasteiger partial charge in [-0.15, -0.1) is 0 Å². The lowest BCUT2D eigenvalue weighted by molar-refractivity contribution is 0.689. The Morgan fingerprint density at radius 2 is 1.81 bits per heavy atom. The second-order valence-electron chi connectivity index (χ2n) is 3.65. The minimum absolute atomic E-state index is 0.569. The maximum Gasteiger partial charge on any atom is 0.122 e. The number of nitrogen functional groups attached to an aromatic ring is 1. The highest BCUT2D eigenvalue weighted by Gasteiger charge is 2.04. The summed E-state index contributed by atoms with van der Waals surface area (Å²) in [5.41, 5.74) is 7.67. The summed E-state index contributed by atoms with van der Waals surface area (Å²) in [6.07, 6.45) is 0. The van der Waals surface area contributed by atoms with Crippen molar-refractivity contribution in [1.82, 2.24) is 9.78 Å². The van der Waals surface area contributed by atoms with E-state index in [1.165, 1.54) is 0 Å². The first-order valence-corrected chi connectivity index (χ1v) is 5.55. The predicted octanol–water partition coefficient (Wildman–Crippen LogP) is 3.13. The van der Waals surface area contributed by atoms with Crippen molar-refractivity contribution in [3.8, 4) is 0 Å². The highest BCUT2D eigenvalue weighted by molar-refractivity contribution is 6.34.